The maximum absolute atomic E-state index is 12.8. The second-order valence-corrected chi connectivity index (χ2v) is 7.53. The van der Waals surface area contributed by atoms with Crippen molar-refractivity contribution >= 4 is 5.97 Å². The molecule has 0 spiro atoms. The van der Waals surface area contributed by atoms with Crippen LogP contribution in [0.2, 0.25) is 0 Å². The van der Waals surface area contributed by atoms with Gasteiger partial charge in [0.15, 0.2) is 0 Å². The number of benzene rings is 2. The van der Waals surface area contributed by atoms with E-state index in [2.05, 4.69) is 36.2 Å². The first kappa shape index (κ1) is 19.9. The summed E-state index contributed by atoms with van der Waals surface area (Å²) >= 11 is 0. The molecule has 0 unspecified atom stereocenters. The van der Waals surface area contributed by atoms with Gasteiger partial charge >= 0.3 is 5.97 Å². The molecule has 1 N–H and O–H groups in total. The number of nitrogens with one attached hydrogen (secondary N) is 1. The summed E-state index contributed by atoms with van der Waals surface area (Å²) in [7, 11) is 0. The van der Waals surface area contributed by atoms with Crippen molar-refractivity contribution in [2.45, 2.75) is 45.4 Å². The highest BCUT2D eigenvalue weighted by atomic mass is 16.6. The molecule has 3 nitrogen and oxygen atoms in total. The summed E-state index contributed by atoms with van der Waals surface area (Å²) in [6.07, 6.45) is 1.79. The van der Waals surface area contributed by atoms with E-state index in [1.807, 2.05) is 64.1 Å². The molecule has 0 aliphatic rings. The average Bonchev–Trinajstić information content (AvgIpc) is 2.62. The van der Waals surface area contributed by atoms with Crippen LogP contribution in [0.5, 0.6) is 0 Å². The van der Waals surface area contributed by atoms with Crippen molar-refractivity contribution < 1.29 is 9.53 Å². The van der Waals surface area contributed by atoms with E-state index in [0.29, 0.717) is 0 Å². The maximum atomic E-state index is 12.8. The second kappa shape index (κ2) is 8.81. The molecular formula is C23H29NO2. The Kier molecular flexibility index (Phi) is 6.76. The van der Waals surface area contributed by atoms with Gasteiger partial charge < -0.3 is 4.74 Å². The predicted molar refractivity (Wildman–Crippen MR) is 107 cm³/mol. The first-order chi connectivity index (χ1) is 12.3. The van der Waals surface area contributed by atoms with E-state index >= 15 is 0 Å². The minimum Gasteiger partial charge on any atom is -0.459 e. The van der Waals surface area contributed by atoms with Crippen molar-refractivity contribution in [2.75, 3.05) is 0 Å². The zero-order valence-corrected chi connectivity index (χ0v) is 16.1. The van der Waals surface area contributed by atoms with Gasteiger partial charge in [-0.05, 0) is 37.8 Å². The predicted octanol–water partition coefficient (Wildman–Crippen LogP) is 4.90. The van der Waals surface area contributed by atoms with Gasteiger partial charge in [-0.25, -0.2) is 0 Å². The lowest BCUT2D eigenvalue weighted by atomic mass is 9.94. The minimum atomic E-state index is -0.535. The molecular weight excluding hydrogens is 322 g/mol. The van der Waals surface area contributed by atoms with Crippen molar-refractivity contribution in [1.29, 1.82) is 0 Å². The topological polar surface area (TPSA) is 38.3 Å². The summed E-state index contributed by atoms with van der Waals surface area (Å²) in [5, 5.41) is 3.51. The van der Waals surface area contributed by atoms with Crippen molar-refractivity contribution in [3.63, 3.8) is 0 Å². The molecule has 2 rings (SSSR count). The summed E-state index contributed by atoms with van der Waals surface area (Å²) in [4.78, 5) is 12.8. The van der Waals surface area contributed by atoms with E-state index in [1.54, 1.807) is 6.08 Å². The van der Waals surface area contributed by atoms with Crippen molar-refractivity contribution in [1.82, 2.24) is 5.32 Å². The summed E-state index contributed by atoms with van der Waals surface area (Å²) in [6.45, 7) is 11.5. The standard InChI is InChI=1S/C23H29NO2/c1-6-17(2)20(22(25)26-23(3,4)5)24-21(18-13-9-7-10-14-18)19-15-11-8-12-16-19/h6-17,20-21,24H,1H2,2-5H3/t17-,20+/m1/s1. The number of esters is 1. The lowest BCUT2D eigenvalue weighted by Crippen LogP contribution is -2.46. The molecule has 0 saturated heterocycles. The normalized spacial score (nSPS) is 13.9. The SMILES string of the molecule is C=C[C@@H](C)[C@H](NC(c1ccccc1)c1ccccc1)C(=O)OC(C)(C)C. The van der Waals surface area contributed by atoms with Gasteiger partial charge in [0.25, 0.3) is 0 Å². The third-order valence-electron chi connectivity index (χ3n) is 4.17. The molecule has 0 radical (unpaired) electrons. The van der Waals surface area contributed by atoms with E-state index < -0.39 is 11.6 Å². The number of ether oxygens (including phenoxy) is 1. The van der Waals surface area contributed by atoms with Gasteiger partial charge in [-0.15, -0.1) is 6.58 Å². The van der Waals surface area contributed by atoms with Crippen LogP contribution in [0.4, 0.5) is 0 Å². The molecule has 0 heterocycles. The van der Waals surface area contributed by atoms with Gasteiger partial charge in [0.05, 0.1) is 6.04 Å². The van der Waals surface area contributed by atoms with Gasteiger partial charge in [-0.3, -0.25) is 10.1 Å². The molecule has 26 heavy (non-hydrogen) atoms. The maximum Gasteiger partial charge on any atom is 0.324 e. The van der Waals surface area contributed by atoms with Crippen LogP contribution in [-0.2, 0) is 9.53 Å². The molecule has 2 atom stereocenters. The highest BCUT2D eigenvalue weighted by molar-refractivity contribution is 5.77. The Balaban J connectivity index is 2.36. The Morgan fingerprint density at radius 1 is 1.00 bits per heavy atom. The zero-order chi connectivity index (χ0) is 19.2. The van der Waals surface area contributed by atoms with Crippen LogP contribution in [0, 0.1) is 5.92 Å². The molecule has 0 aliphatic carbocycles. The van der Waals surface area contributed by atoms with E-state index in [0.717, 1.165) is 11.1 Å². The molecule has 0 aliphatic heterocycles. The lowest BCUT2D eigenvalue weighted by molar-refractivity contribution is -0.158. The Bertz CT molecular complexity index is 664. The summed E-state index contributed by atoms with van der Waals surface area (Å²) in [5.41, 5.74) is 1.67. The van der Waals surface area contributed by atoms with Crippen LogP contribution < -0.4 is 5.32 Å². The molecule has 0 saturated carbocycles. The van der Waals surface area contributed by atoms with E-state index in [9.17, 15) is 4.79 Å². The third kappa shape index (κ3) is 5.57. The summed E-state index contributed by atoms with van der Waals surface area (Å²) in [5.74, 6) is -0.332. The fourth-order valence-electron chi connectivity index (χ4n) is 2.79. The number of carbonyl (C=O) groups excluding carboxylic acids is 1. The fraction of sp³-hybridized carbons (Fsp3) is 0.348. The van der Waals surface area contributed by atoms with Gasteiger partial charge in [-0.1, -0.05) is 73.7 Å². The quantitative estimate of drug-likeness (QED) is 0.570. The Morgan fingerprint density at radius 2 is 1.46 bits per heavy atom. The van der Waals surface area contributed by atoms with Gasteiger partial charge in [0.1, 0.15) is 11.6 Å². The highest BCUT2D eigenvalue weighted by Crippen LogP contribution is 2.25. The monoisotopic (exact) mass is 351 g/mol. The van der Waals surface area contributed by atoms with Crippen LogP contribution in [0.15, 0.2) is 73.3 Å². The summed E-state index contributed by atoms with van der Waals surface area (Å²) in [6, 6.07) is 19.7. The number of hydrogen-bond donors (Lipinski definition) is 1. The molecule has 2 aromatic rings. The molecule has 0 bridgehead atoms. The van der Waals surface area contributed by atoms with Crippen molar-refractivity contribution in [2.24, 2.45) is 5.92 Å². The van der Waals surface area contributed by atoms with Crippen molar-refractivity contribution in [3.8, 4) is 0 Å². The highest BCUT2D eigenvalue weighted by Gasteiger charge is 2.31. The molecule has 2 aromatic carbocycles. The molecule has 3 heteroatoms. The zero-order valence-electron chi connectivity index (χ0n) is 16.1. The Labute approximate surface area is 157 Å². The lowest BCUT2D eigenvalue weighted by Gasteiger charge is -2.30. The molecule has 0 amide bonds. The largest absolute Gasteiger partial charge is 0.459 e. The second-order valence-electron chi connectivity index (χ2n) is 7.53. The number of rotatable bonds is 7. The fourth-order valence-corrected chi connectivity index (χ4v) is 2.79. The Hall–Kier alpha value is -2.39. The van der Waals surface area contributed by atoms with Crippen molar-refractivity contribution in [3.05, 3.63) is 84.4 Å². The van der Waals surface area contributed by atoms with E-state index in [-0.39, 0.29) is 17.9 Å². The van der Waals surface area contributed by atoms with Gasteiger partial charge in [-0.2, -0.15) is 0 Å². The first-order valence-corrected chi connectivity index (χ1v) is 9.03. The van der Waals surface area contributed by atoms with Gasteiger partial charge in [0.2, 0.25) is 0 Å². The van der Waals surface area contributed by atoms with Crippen LogP contribution in [0.1, 0.15) is 44.9 Å². The smallest absolute Gasteiger partial charge is 0.324 e. The number of carbonyl (C=O) groups is 1. The average molecular weight is 351 g/mol. The third-order valence-corrected chi connectivity index (χ3v) is 4.17. The molecule has 0 aromatic heterocycles. The molecule has 138 valence electrons. The Morgan fingerprint density at radius 3 is 1.85 bits per heavy atom. The molecule has 0 fully saturated rings. The summed E-state index contributed by atoms with van der Waals surface area (Å²) < 4.78 is 5.65. The van der Waals surface area contributed by atoms with Crippen LogP contribution in [-0.4, -0.2) is 17.6 Å². The van der Waals surface area contributed by atoms with E-state index in [4.69, 9.17) is 4.74 Å². The minimum absolute atomic E-state index is 0.0697. The van der Waals surface area contributed by atoms with Crippen LogP contribution >= 0.6 is 0 Å². The van der Waals surface area contributed by atoms with Crippen LogP contribution in [0.3, 0.4) is 0 Å². The van der Waals surface area contributed by atoms with Crippen LogP contribution in [0.25, 0.3) is 0 Å². The van der Waals surface area contributed by atoms with Gasteiger partial charge in [0, 0.05) is 0 Å². The van der Waals surface area contributed by atoms with E-state index in [1.165, 1.54) is 0 Å². The first-order valence-electron chi connectivity index (χ1n) is 9.03. The number of hydrogen-bond acceptors (Lipinski definition) is 3.